The second-order valence-corrected chi connectivity index (χ2v) is 3.42. The highest BCUT2D eigenvalue weighted by atomic mass is 35.5. The molecule has 1 aliphatic rings. The van der Waals surface area contributed by atoms with E-state index in [2.05, 4.69) is 17.2 Å². The van der Waals surface area contributed by atoms with E-state index < -0.39 is 0 Å². The Morgan fingerprint density at radius 1 is 1.33 bits per heavy atom. The van der Waals surface area contributed by atoms with Crippen LogP contribution in [0.15, 0.2) is 30.8 Å². The van der Waals surface area contributed by atoms with Crippen LogP contribution >= 0.6 is 11.6 Å². The molecular formula is C11H14ClN3. The van der Waals surface area contributed by atoms with Gasteiger partial charge in [0.2, 0.25) is 0 Å². The van der Waals surface area contributed by atoms with Crippen LogP contribution in [0.25, 0.3) is 6.08 Å². The van der Waals surface area contributed by atoms with Gasteiger partial charge in [0.15, 0.2) is 5.96 Å². The zero-order valence-corrected chi connectivity index (χ0v) is 9.14. The van der Waals surface area contributed by atoms with E-state index in [4.69, 9.17) is 17.0 Å². The number of hydrogen-bond donors (Lipinski definition) is 3. The van der Waals surface area contributed by atoms with Crippen LogP contribution in [-0.4, -0.2) is 19.0 Å². The SMILES string of the molecule is C=Cc1cccc(Cl)c1.N=C1NCCN1. The summed E-state index contributed by atoms with van der Waals surface area (Å²) in [5, 5.41) is 13.2. The van der Waals surface area contributed by atoms with Gasteiger partial charge in [0, 0.05) is 18.1 Å². The maximum absolute atomic E-state index is 6.83. The zero-order valence-electron chi connectivity index (χ0n) is 8.39. The van der Waals surface area contributed by atoms with Crippen molar-refractivity contribution in [1.82, 2.24) is 10.6 Å². The number of halogens is 1. The van der Waals surface area contributed by atoms with Crippen molar-refractivity contribution in [3.63, 3.8) is 0 Å². The molecule has 0 spiro atoms. The van der Waals surface area contributed by atoms with Gasteiger partial charge in [-0.2, -0.15) is 0 Å². The van der Waals surface area contributed by atoms with Crippen LogP contribution in [0.2, 0.25) is 5.02 Å². The molecule has 0 saturated carbocycles. The lowest BCUT2D eigenvalue weighted by molar-refractivity contribution is 0.942. The Labute approximate surface area is 94.7 Å². The van der Waals surface area contributed by atoms with Crippen LogP contribution in [0.3, 0.4) is 0 Å². The molecule has 1 saturated heterocycles. The predicted octanol–water partition coefficient (Wildman–Crippen LogP) is 2.10. The molecule has 0 bridgehead atoms. The lowest BCUT2D eigenvalue weighted by atomic mass is 10.2. The van der Waals surface area contributed by atoms with E-state index in [1.807, 2.05) is 24.3 Å². The molecular weight excluding hydrogens is 210 g/mol. The second-order valence-electron chi connectivity index (χ2n) is 2.99. The van der Waals surface area contributed by atoms with Gasteiger partial charge in [0.05, 0.1) is 0 Å². The van der Waals surface area contributed by atoms with E-state index in [0.717, 1.165) is 23.7 Å². The molecule has 0 unspecified atom stereocenters. The molecule has 80 valence electrons. The van der Waals surface area contributed by atoms with Gasteiger partial charge in [-0.25, -0.2) is 0 Å². The largest absolute Gasteiger partial charge is 0.355 e. The van der Waals surface area contributed by atoms with Crippen LogP contribution in [0.1, 0.15) is 5.56 Å². The van der Waals surface area contributed by atoms with Crippen LogP contribution in [0.4, 0.5) is 0 Å². The predicted molar refractivity (Wildman–Crippen MR) is 65.3 cm³/mol. The highest BCUT2D eigenvalue weighted by Crippen LogP contribution is 2.10. The van der Waals surface area contributed by atoms with Crippen LogP contribution in [0, 0.1) is 5.41 Å². The summed E-state index contributed by atoms with van der Waals surface area (Å²) in [5.74, 6) is 0.454. The third kappa shape index (κ3) is 4.51. The van der Waals surface area contributed by atoms with Crippen molar-refractivity contribution in [2.24, 2.45) is 0 Å². The van der Waals surface area contributed by atoms with Gasteiger partial charge in [-0.1, -0.05) is 36.4 Å². The molecule has 0 amide bonds. The maximum Gasteiger partial charge on any atom is 0.188 e. The highest BCUT2D eigenvalue weighted by Gasteiger charge is 1.98. The smallest absolute Gasteiger partial charge is 0.188 e. The average Bonchev–Trinajstić information content (AvgIpc) is 2.70. The molecule has 1 aromatic carbocycles. The fourth-order valence-electron chi connectivity index (χ4n) is 1.07. The minimum Gasteiger partial charge on any atom is -0.355 e. The summed E-state index contributed by atoms with van der Waals surface area (Å²) in [7, 11) is 0. The Balaban J connectivity index is 0.000000162. The van der Waals surface area contributed by atoms with E-state index in [9.17, 15) is 0 Å². The third-order valence-electron chi connectivity index (χ3n) is 1.81. The molecule has 1 aliphatic heterocycles. The molecule has 0 aromatic heterocycles. The van der Waals surface area contributed by atoms with E-state index >= 15 is 0 Å². The van der Waals surface area contributed by atoms with E-state index in [-0.39, 0.29) is 0 Å². The van der Waals surface area contributed by atoms with E-state index in [1.54, 1.807) is 6.08 Å². The number of hydrogen-bond acceptors (Lipinski definition) is 1. The molecule has 1 heterocycles. The van der Waals surface area contributed by atoms with Gasteiger partial charge in [-0.05, 0) is 17.7 Å². The van der Waals surface area contributed by atoms with E-state index in [1.165, 1.54) is 0 Å². The molecule has 0 radical (unpaired) electrons. The summed E-state index contributed by atoms with van der Waals surface area (Å²) < 4.78 is 0. The van der Waals surface area contributed by atoms with Crippen molar-refractivity contribution < 1.29 is 0 Å². The molecule has 1 aromatic rings. The number of guanidine groups is 1. The summed E-state index contributed by atoms with van der Waals surface area (Å²) in [5.41, 5.74) is 1.06. The summed E-state index contributed by atoms with van der Waals surface area (Å²) >= 11 is 5.68. The number of benzene rings is 1. The summed E-state index contributed by atoms with van der Waals surface area (Å²) in [4.78, 5) is 0. The molecule has 2 rings (SSSR count). The molecule has 0 aliphatic carbocycles. The van der Waals surface area contributed by atoms with E-state index in [0.29, 0.717) is 5.96 Å². The molecule has 4 heteroatoms. The lowest BCUT2D eigenvalue weighted by Crippen LogP contribution is -2.21. The van der Waals surface area contributed by atoms with Crippen molar-refractivity contribution in [3.8, 4) is 0 Å². The van der Waals surface area contributed by atoms with Gasteiger partial charge in [0.25, 0.3) is 0 Å². The lowest BCUT2D eigenvalue weighted by Gasteiger charge is -1.90. The van der Waals surface area contributed by atoms with Crippen LogP contribution < -0.4 is 10.6 Å². The monoisotopic (exact) mass is 223 g/mol. The first-order valence-corrected chi connectivity index (χ1v) is 5.04. The first kappa shape index (κ1) is 11.6. The minimum atomic E-state index is 0.454. The Morgan fingerprint density at radius 2 is 2.00 bits per heavy atom. The van der Waals surface area contributed by atoms with Crippen LogP contribution in [0.5, 0.6) is 0 Å². The van der Waals surface area contributed by atoms with Crippen molar-refractivity contribution in [3.05, 3.63) is 41.4 Å². The summed E-state index contributed by atoms with van der Waals surface area (Å²) in [6, 6.07) is 7.57. The van der Waals surface area contributed by atoms with Crippen molar-refractivity contribution in [1.29, 1.82) is 5.41 Å². The second kappa shape index (κ2) is 6.09. The van der Waals surface area contributed by atoms with Crippen molar-refractivity contribution in [2.45, 2.75) is 0 Å². The van der Waals surface area contributed by atoms with Gasteiger partial charge >= 0.3 is 0 Å². The highest BCUT2D eigenvalue weighted by molar-refractivity contribution is 6.30. The Morgan fingerprint density at radius 3 is 2.33 bits per heavy atom. The molecule has 1 fully saturated rings. The Bertz CT molecular complexity index is 341. The Kier molecular flexibility index (Phi) is 4.71. The Hall–Kier alpha value is -1.48. The fourth-order valence-corrected chi connectivity index (χ4v) is 1.27. The topological polar surface area (TPSA) is 47.9 Å². The fraction of sp³-hybridized carbons (Fsp3) is 0.182. The quantitative estimate of drug-likeness (QED) is 0.683. The first-order valence-electron chi connectivity index (χ1n) is 4.66. The maximum atomic E-state index is 6.83. The van der Waals surface area contributed by atoms with Gasteiger partial charge in [0.1, 0.15) is 0 Å². The average molecular weight is 224 g/mol. The molecule has 3 N–H and O–H groups in total. The van der Waals surface area contributed by atoms with Crippen molar-refractivity contribution >= 4 is 23.6 Å². The molecule has 15 heavy (non-hydrogen) atoms. The summed E-state index contributed by atoms with van der Waals surface area (Å²) in [6.07, 6.45) is 1.77. The number of nitrogens with one attached hydrogen (secondary N) is 3. The zero-order chi connectivity index (χ0) is 11.1. The van der Waals surface area contributed by atoms with Gasteiger partial charge in [-0.15, -0.1) is 0 Å². The van der Waals surface area contributed by atoms with Gasteiger partial charge in [-0.3, -0.25) is 5.41 Å². The van der Waals surface area contributed by atoms with Crippen molar-refractivity contribution in [2.75, 3.05) is 13.1 Å². The third-order valence-corrected chi connectivity index (χ3v) is 2.05. The molecule has 0 atom stereocenters. The summed E-state index contributed by atoms with van der Waals surface area (Å²) in [6.45, 7) is 5.42. The molecule has 3 nitrogen and oxygen atoms in total. The minimum absolute atomic E-state index is 0.454. The standard InChI is InChI=1S/C8H7Cl.C3H7N3/c1-2-7-4-3-5-8(9)6-7;4-3-5-1-2-6-3/h2-6H,1H2;1-2H2,(H3,4,5,6). The normalized spacial score (nSPS) is 13.3. The van der Waals surface area contributed by atoms with Gasteiger partial charge < -0.3 is 10.6 Å². The number of rotatable bonds is 1. The first-order chi connectivity index (χ1) is 7.22. The van der Waals surface area contributed by atoms with Crippen LogP contribution in [-0.2, 0) is 0 Å².